The van der Waals surface area contributed by atoms with E-state index in [9.17, 15) is 14.4 Å². The maximum Gasteiger partial charge on any atom is 0.326 e. The monoisotopic (exact) mass is 353 g/mol. The average Bonchev–Trinajstić information content (AvgIpc) is 3.06. The second kappa shape index (κ2) is 6.29. The molecule has 4 rings (SSSR count). The van der Waals surface area contributed by atoms with Gasteiger partial charge in [0.25, 0.3) is 11.5 Å². The average molecular weight is 353 g/mol. The summed E-state index contributed by atoms with van der Waals surface area (Å²) in [5.74, 6) is 0.615. The number of likely N-dealkylation sites (tertiary alicyclic amines) is 1. The smallest absolute Gasteiger partial charge is 0.326 e. The minimum atomic E-state index is -0.679. The molecular formula is C18H19N5O3. The molecule has 3 aromatic rings. The molecule has 2 aromatic heterocycles. The molecule has 8 nitrogen and oxygen atoms in total. The van der Waals surface area contributed by atoms with Crippen LogP contribution in [-0.2, 0) is 0 Å². The number of para-hydroxylation sites is 1. The van der Waals surface area contributed by atoms with Gasteiger partial charge in [-0.05, 0) is 31.4 Å². The number of nitrogens with one attached hydrogen (secondary N) is 3. The van der Waals surface area contributed by atoms with Crippen molar-refractivity contribution < 1.29 is 4.79 Å². The van der Waals surface area contributed by atoms with Crippen molar-refractivity contribution in [3.63, 3.8) is 0 Å². The highest BCUT2D eigenvalue weighted by Gasteiger charge is 2.28. The lowest BCUT2D eigenvalue weighted by Gasteiger charge is -2.31. The van der Waals surface area contributed by atoms with Gasteiger partial charge in [0.2, 0.25) is 0 Å². The summed E-state index contributed by atoms with van der Waals surface area (Å²) in [6, 6.07) is 7.12. The van der Waals surface area contributed by atoms with Gasteiger partial charge in [0.15, 0.2) is 0 Å². The molecule has 0 spiro atoms. The zero-order valence-corrected chi connectivity index (χ0v) is 14.3. The molecule has 1 atom stereocenters. The Labute approximate surface area is 148 Å². The molecule has 1 aliphatic rings. The van der Waals surface area contributed by atoms with Crippen LogP contribution in [0.3, 0.4) is 0 Å². The topological polar surface area (TPSA) is 115 Å². The molecular weight excluding hydrogens is 334 g/mol. The van der Waals surface area contributed by atoms with Gasteiger partial charge in [-0.2, -0.15) is 0 Å². The molecule has 0 unspecified atom stereocenters. The van der Waals surface area contributed by atoms with Crippen molar-refractivity contribution in [2.24, 2.45) is 0 Å². The van der Waals surface area contributed by atoms with Crippen LogP contribution in [0.5, 0.6) is 0 Å². The number of hydrogen-bond acceptors (Lipinski definition) is 4. The van der Waals surface area contributed by atoms with Crippen LogP contribution in [0.15, 0.2) is 33.9 Å². The quantitative estimate of drug-likeness (QED) is 0.643. The van der Waals surface area contributed by atoms with Gasteiger partial charge >= 0.3 is 5.69 Å². The van der Waals surface area contributed by atoms with Gasteiger partial charge in [0, 0.05) is 25.1 Å². The number of aromatic amines is 3. The highest BCUT2D eigenvalue weighted by Crippen LogP contribution is 2.28. The van der Waals surface area contributed by atoms with E-state index in [1.807, 2.05) is 25.1 Å². The summed E-state index contributed by atoms with van der Waals surface area (Å²) in [6.07, 6.45) is 1.76. The lowest BCUT2D eigenvalue weighted by atomic mass is 9.97. The van der Waals surface area contributed by atoms with Crippen LogP contribution in [0, 0.1) is 6.92 Å². The van der Waals surface area contributed by atoms with Crippen LogP contribution < -0.4 is 11.2 Å². The first-order valence-corrected chi connectivity index (χ1v) is 8.59. The number of amides is 1. The van der Waals surface area contributed by atoms with E-state index >= 15 is 0 Å². The summed E-state index contributed by atoms with van der Waals surface area (Å²) in [5, 5.41) is 0. The Balaban J connectivity index is 1.60. The highest BCUT2D eigenvalue weighted by molar-refractivity contribution is 5.92. The van der Waals surface area contributed by atoms with Gasteiger partial charge in [-0.1, -0.05) is 12.1 Å². The van der Waals surface area contributed by atoms with E-state index in [2.05, 4.69) is 15.0 Å². The summed E-state index contributed by atoms with van der Waals surface area (Å²) in [6.45, 7) is 3.10. The second-order valence-corrected chi connectivity index (χ2v) is 6.68. The summed E-state index contributed by atoms with van der Waals surface area (Å²) in [5.41, 5.74) is 1.79. The number of fused-ring (bicyclic) bond motifs is 1. The van der Waals surface area contributed by atoms with Gasteiger partial charge < -0.3 is 14.9 Å². The number of rotatable bonds is 2. The van der Waals surface area contributed by atoms with E-state index in [1.165, 1.54) is 0 Å². The highest BCUT2D eigenvalue weighted by atomic mass is 16.2. The van der Waals surface area contributed by atoms with E-state index in [0.29, 0.717) is 13.1 Å². The first-order chi connectivity index (χ1) is 12.5. The molecule has 26 heavy (non-hydrogen) atoms. The number of benzene rings is 1. The molecule has 0 aliphatic carbocycles. The lowest BCUT2D eigenvalue weighted by molar-refractivity contribution is 0.0698. The first-order valence-electron chi connectivity index (χ1n) is 8.59. The largest absolute Gasteiger partial charge is 0.342 e. The number of aromatic nitrogens is 4. The van der Waals surface area contributed by atoms with Crippen molar-refractivity contribution >= 4 is 16.9 Å². The van der Waals surface area contributed by atoms with Crippen LogP contribution in [0.1, 0.15) is 40.6 Å². The van der Waals surface area contributed by atoms with Crippen molar-refractivity contribution in [1.29, 1.82) is 0 Å². The van der Waals surface area contributed by atoms with E-state index in [0.717, 1.165) is 41.3 Å². The molecule has 1 fully saturated rings. The van der Waals surface area contributed by atoms with E-state index < -0.39 is 11.2 Å². The Bertz CT molecular complexity index is 1070. The Kier molecular flexibility index (Phi) is 3.95. The van der Waals surface area contributed by atoms with Crippen LogP contribution in [0.2, 0.25) is 0 Å². The van der Waals surface area contributed by atoms with Crippen molar-refractivity contribution in [3.8, 4) is 0 Å². The molecule has 0 saturated carbocycles. The number of nitrogens with zero attached hydrogens (tertiary/aromatic N) is 2. The Morgan fingerprint density at radius 2 is 2.08 bits per heavy atom. The van der Waals surface area contributed by atoms with E-state index in [4.69, 9.17) is 4.98 Å². The summed E-state index contributed by atoms with van der Waals surface area (Å²) in [7, 11) is 0. The van der Waals surface area contributed by atoms with Crippen molar-refractivity contribution in [1.82, 2.24) is 24.8 Å². The van der Waals surface area contributed by atoms with Crippen LogP contribution in [-0.4, -0.2) is 43.8 Å². The lowest BCUT2D eigenvalue weighted by Crippen LogP contribution is -2.41. The van der Waals surface area contributed by atoms with Crippen LogP contribution in [0.25, 0.3) is 11.0 Å². The van der Waals surface area contributed by atoms with E-state index in [1.54, 1.807) is 4.90 Å². The molecule has 1 amide bonds. The van der Waals surface area contributed by atoms with Gasteiger partial charge in [0.1, 0.15) is 11.5 Å². The number of hydrogen-bond donors (Lipinski definition) is 3. The first kappa shape index (κ1) is 16.3. The summed E-state index contributed by atoms with van der Waals surface area (Å²) >= 11 is 0. The number of H-pyrrole nitrogens is 3. The molecule has 0 radical (unpaired) electrons. The molecule has 134 valence electrons. The molecule has 8 heteroatoms. The van der Waals surface area contributed by atoms with Crippen LogP contribution in [0.4, 0.5) is 0 Å². The third-order valence-corrected chi connectivity index (χ3v) is 4.82. The number of carbonyl (C=O) groups excluding carboxylic acids is 1. The Hall–Kier alpha value is -3.16. The zero-order valence-electron chi connectivity index (χ0n) is 14.3. The number of imidazole rings is 1. The SMILES string of the molecule is Cc1cccc2[nH]c([C@@H]3CCCN(C(=O)c4cc(=O)[nH]c(=O)[nH]4)C3)nc12. The van der Waals surface area contributed by atoms with Gasteiger partial charge in [0.05, 0.1) is 11.0 Å². The van der Waals surface area contributed by atoms with Crippen LogP contribution >= 0.6 is 0 Å². The Morgan fingerprint density at radius 1 is 1.23 bits per heavy atom. The fourth-order valence-electron chi connectivity index (χ4n) is 3.53. The molecule has 1 saturated heterocycles. The maximum atomic E-state index is 12.7. The number of carbonyl (C=O) groups is 1. The van der Waals surface area contributed by atoms with Gasteiger partial charge in [-0.15, -0.1) is 0 Å². The van der Waals surface area contributed by atoms with Crippen molar-refractivity contribution in [3.05, 3.63) is 62.2 Å². The number of piperidine rings is 1. The normalized spacial score (nSPS) is 17.6. The molecule has 1 aromatic carbocycles. The van der Waals surface area contributed by atoms with Crippen molar-refractivity contribution in [2.75, 3.05) is 13.1 Å². The molecule has 3 N–H and O–H groups in total. The summed E-state index contributed by atoms with van der Waals surface area (Å²) in [4.78, 5) is 49.8. The minimum absolute atomic E-state index is 0.0138. The molecule has 0 bridgehead atoms. The standard InChI is InChI=1S/C18H19N5O3/c1-10-4-2-6-12-15(10)22-16(19-12)11-5-3-7-23(9-11)17(25)13-8-14(24)21-18(26)20-13/h2,4,6,8,11H,3,5,7,9H2,1H3,(H,19,22)(H2,20,21,24,26)/t11-/m1/s1. The summed E-state index contributed by atoms with van der Waals surface area (Å²) < 4.78 is 0. The minimum Gasteiger partial charge on any atom is -0.342 e. The number of aryl methyl sites for hydroxylation is 1. The maximum absolute atomic E-state index is 12.7. The second-order valence-electron chi connectivity index (χ2n) is 6.68. The van der Waals surface area contributed by atoms with Gasteiger partial charge in [-0.3, -0.25) is 14.6 Å². The molecule has 1 aliphatic heterocycles. The predicted molar refractivity (Wildman–Crippen MR) is 96.4 cm³/mol. The third-order valence-electron chi connectivity index (χ3n) is 4.82. The van der Waals surface area contributed by atoms with Gasteiger partial charge in [-0.25, -0.2) is 9.78 Å². The fraction of sp³-hybridized carbons (Fsp3) is 0.333. The zero-order chi connectivity index (χ0) is 18.3. The third kappa shape index (κ3) is 2.94. The van der Waals surface area contributed by atoms with Crippen molar-refractivity contribution in [2.45, 2.75) is 25.7 Å². The fourth-order valence-corrected chi connectivity index (χ4v) is 3.53. The molecule has 3 heterocycles. The Morgan fingerprint density at radius 3 is 2.85 bits per heavy atom. The van der Waals surface area contributed by atoms with E-state index in [-0.39, 0.29) is 17.5 Å². The predicted octanol–water partition coefficient (Wildman–Crippen LogP) is 1.27.